The Morgan fingerprint density at radius 3 is 2.55 bits per heavy atom. The van der Waals surface area contributed by atoms with Crippen molar-refractivity contribution in [2.24, 2.45) is 11.1 Å². The molecule has 0 bridgehead atoms. The van der Waals surface area contributed by atoms with Crippen LogP contribution < -0.4 is 10.5 Å². The SMILES string of the molecule is Cc1cc(S(=O)(=O)NCC2(C)CCCCC2)sc1CN. The van der Waals surface area contributed by atoms with Gasteiger partial charge in [-0.25, -0.2) is 13.1 Å². The maximum Gasteiger partial charge on any atom is 0.250 e. The van der Waals surface area contributed by atoms with Gasteiger partial charge in [-0.2, -0.15) is 0 Å². The summed E-state index contributed by atoms with van der Waals surface area (Å²) < 4.78 is 27.9. The van der Waals surface area contributed by atoms with Crippen LogP contribution in [0.3, 0.4) is 0 Å². The van der Waals surface area contributed by atoms with E-state index in [0.717, 1.165) is 23.3 Å². The zero-order chi connectivity index (χ0) is 14.8. The average molecular weight is 316 g/mol. The minimum Gasteiger partial charge on any atom is -0.326 e. The molecule has 4 nitrogen and oxygen atoms in total. The van der Waals surface area contributed by atoms with Gasteiger partial charge in [-0.15, -0.1) is 11.3 Å². The number of hydrogen-bond donors (Lipinski definition) is 2. The lowest BCUT2D eigenvalue weighted by molar-refractivity contribution is 0.219. The zero-order valence-corrected chi connectivity index (χ0v) is 13.9. The molecule has 114 valence electrons. The predicted molar refractivity (Wildman–Crippen MR) is 83.3 cm³/mol. The summed E-state index contributed by atoms with van der Waals surface area (Å²) in [5.41, 5.74) is 6.68. The first kappa shape index (κ1) is 15.9. The van der Waals surface area contributed by atoms with Crippen LogP contribution in [-0.2, 0) is 16.6 Å². The van der Waals surface area contributed by atoms with Gasteiger partial charge in [0.1, 0.15) is 4.21 Å². The zero-order valence-electron chi connectivity index (χ0n) is 12.2. The van der Waals surface area contributed by atoms with E-state index in [2.05, 4.69) is 11.6 Å². The van der Waals surface area contributed by atoms with Gasteiger partial charge in [-0.1, -0.05) is 26.2 Å². The number of nitrogens with two attached hydrogens (primary N) is 1. The molecule has 2 rings (SSSR count). The molecule has 3 N–H and O–H groups in total. The van der Waals surface area contributed by atoms with Gasteiger partial charge in [0.15, 0.2) is 0 Å². The molecule has 0 amide bonds. The lowest BCUT2D eigenvalue weighted by Crippen LogP contribution is -2.36. The van der Waals surface area contributed by atoms with Crippen LogP contribution in [0.25, 0.3) is 0 Å². The summed E-state index contributed by atoms with van der Waals surface area (Å²) in [6.45, 7) is 5.01. The summed E-state index contributed by atoms with van der Waals surface area (Å²) in [5.74, 6) is 0. The average Bonchev–Trinajstić information content (AvgIpc) is 2.80. The minimum atomic E-state index is -3.40. The third-order valence-corrected chi connectivity index (χ3v) is 7.33. The highest BCUT2D eigenvalue weighted by molar-refractivity contribution is 7.91. The topological polar surface area (TPSA) is 72.2 Å². The summed E-state index contributed by atoms with van der Waals surface area (Å²) in [5, 5.41) is 0. The van der Waals surface area contributed by atoms with Crippen LogP contribution in [0.1, 0.15) is 49.5 Å². The van der Waals surface area contributed by atoms with Gasteiger partial charge in [-0.05, 0) is 36.8 Å². The number of sulfonamides is 1. The van der Waals surface area contributed by atoms with Crippen LogP contribution in [-0.4, -0.2) is 15.0 Å². The Morgan fingerprint density at radius 1 is 1.35 bits per heavy atom. The third-order valence-electron chi connectivity index (χ3n) is 4.20. The van der Waals surface area contributed by atoms with E-state index < -0.39 is 10.0 Å². The highest BCUT2D eigenvalue weighted by atomic mass is 32.2. The molecule has 0 atom stereocenters. The Labute approximate surface area is 125 Å². The second-order valence-corrected chi connectivity index (χ2v) is 9.20. The fraction of sp³-hybridized carbons (Fsp3) is 0.714. The lowest BCUT2D eigenvalue weighted by Gasteiger charge is -2.33. The van der Waals surface area contributed by atoms with E-state index in [4.69, 9.17) is 5.73 Å². The van der Waals surface area contributed by atoms with E-state index >= 15 is 0 Å². The fourth-order valence-electron chi connectivity index (χ4n) is 2.75. The molecule has 1 saturated carbocycles. The van der Waals surface area contributed by atoms with Crippen LogP contribution >= 0.6 is 11.3 Å². The monoisotopic (exact) mass is 316 g/mol. The second kappa shape index (κ2) is 6.13. The van der Waals surface area contributed by atoms with Gasteiger partial charge in [0.25, 0.3) is 0 Å². The summed E-state index contributed by atoms with van der Waals surface area (Å²) in [4.78, 5) is 0.939. The molecule has 0 aliphatic heterocycles. The predicted octanol–water partition coefficient (Wildman–Crippen LogP) is 2.76. The van der Waals surface area contributed by atoms with Crippen molar-refractivity contribution in [1.82, 2.24) is 4.72 Å². The normalized spacial score (nSPS) is 19.1. The number of hydrogen-bond acceptors (Lipinski definition) is 4. The minimum absolute atomic E-state index is 0.105. The first-order valence-corrected chi connectivity index (χ1v) is 9.45. The first-order valence-electron chi connectivity index (χ1n) is 7.15. The molecule has 0 aromatic carbocycles. The second-order valence-electron chi connectivity index (χ2n) is 6.07. The number of rotatable bonds is 5. The van der Waals surface area contributed by atoms with Crippen molar-refractivity contribution in [1.29, 1.82) is 0 Å². The smallest absolute Gasteiger partial charge is 0.250 e. The standard InChI is InChI=1S/C14H24N2O2S2/c1-11-8-13(19-12(11)9-15)20(17,18)16-10-14(2)6-4-3-5-7-14/h8,16H,3-7,9-10,15H2,1-2H3. The molecule has 0 unspecified atom stereocenters. The van der Waals surface area contributed by atoms with E-state index in [1.165, 1.54) is 30.6 Å². The van der Waals surface area contributed by atoms with Crippen LogP contribution in [0.4, 0.5) is 0 Å². The van der Waals surface area contributed by atoms with E-state index in [0.29, 0.717) is 17.3 Å². The fourth-order valence-corrected chi connectivity index (χ4v) is 5.46. The van der Waals surface area contributed by atoms with Crippen molar-refractivity contribution >= 4 is 21.4 Å². The van der Waals surface area contributed by atoms with E-state index in [1.807, 2.05) is 6.92 Å². The molecular formula is C14H24N2O2S2. The van der Waals surface area contributed by atoms with Gasteiger partial charge < -0.3 is 5.73 Å². The van der Waals surface area contributed by atoms with Gasteiger partial charge in [0.05, 0.1) is 0 Å². The molecule has 0 saturated heterocycles. The van der Waals surface area contributed by atoms with Crippen molar-refractivity contribution in [3.8, 4) is 0 Å². The van der Waals surface area contributed by atoms with Crippen molar-refractivity contribution in [3.05, 3.63) is 16.5 Å². The Balaban J connectivity index is 2.06. The van der Waals surface area contributed by atoms with Gasteiger partial charge in [-0.3, -0.25) is 0 Å². The van der Waals surface area contributed by atoms with Crippen LogP contribution in [0.15, 0.2) is 10.3 Å². The summed E-state index contributed by atoms with van der Waals surface area (Å²) in [7, 11) is -3.40. The van der Waals surface area contributed by atoms with Crippen molar-refractivity contribution < 1.29 is 8.42 Å². The summed E-state index contributed by atoms with van der Waals surface area (Å²) in [6, 6.07) is 1.72. The molecule has 1 aromatic rings. The van der Waals surface area contributed by atoms with Gasteiger partial charge in [0, 0.05) is 18.0 Å². The number of thiophene rings is 1. The molecule has 1 fully saturated rings. The highest BCUT2D eigenvalue weighted by Gasteiger charge is 2.29. The Morgan fingerprint density at radius 2 is 2.00 bits per heavy atom. The maximum absolute atomic E-state index is 12.4. The Kier molecular flexibility index (Phi) is 4.89. The molecule has 0 radical (unpaired) electrons. The summed E-state index contributed by atoms with van der Waals surface area (Å²) >= 11 is 1.28. The van der Waals surface area contributed by atoms with Crippen molar-refractivity contribution in [3.63, 3.8) is 0 Å². The third kappa shape index (κ3) is 3.61. The largest absolute Gasteiger partial charge is 0.326 e. The van der Waals surface area contributed by atoms with Crippen LogP contribution in [0.2, 0.25) is 0 Å². The van der Waals surface area contributed by atoms with Gasteiger partial charge >= 0.3 is 0 Å². The van der Waals surface area contributed by atoms with Crippen LogP contribution in [0, 0.1) is 12.3 Å². The van der Waals surface area contributed by atoms with Crippen molar-refractivity contribution in [2.45, 2.75) is 56.7 Å². The highest BCUT2D eigenvalue weighted by Crippen LogP contribution is 2.35. The molecule has 20 heavy (non-hydrogen) atoms. The van der Waals surface area contributed by atoms with Crippen molar-refractivity contribution in [2.75, 3.05) is 6.54 Å². The Hall–Kier alpha value is -0.430. The molecule has 1 aliphatic rings. The quantitative estimate of drug-likeness (QED) is 0.877. The molecule has 1 aromatic heterocycles. The van der Waals surface area contributed by atoms with E-state index in [9.17, 15) is 8.42 Å². The molecular weight excluding hydrogens is 292 g/mol. The van der Waals surface area contributed by atoms with Gasteiger partial charge in [0.2, 0.25) is 10.0 Å². The molecule has 0 spiro atoms. The first-order chi connectivity index (χ1) is 9.36. The Bertz CT molecular complexity index is 558. The maximum atomic E-state index is 12.4. The number of aryl methyl sites for hydroxylation is 1. The molecule has 1 heterocycles. The molecule has 6 heteroatoms. The lowest BCUT2D eigenvalue weighted by atomic mass is 9.76. The van der Waals surface area contributed by atoms with E-state index in [1.54, 1.807) is 6.07 Å². The molecule has 1 aliphatic carbocycles. The number of nitrogens with one attached hydrogen (secondary N) is 1. The van der Waals surface area contributed by atoms with E-state index in [-0.39, 0.29) is 5.41 Å². The van der Waals surface area contributed by atoms with Crippen LogP contribution in [0.5, 0.6) is 0 Å². The summed E-state index contributed by atoms with van der Waals surface area (Å²) in [6.07, 6.45) is 5.88.